The van der Waals surface area contributed by atoms with Crippen LogP contribution in [0.1, 0.15) is 30.4 Å². The van der Waals surface area contributed by atoms with Crippen molar-refractivity contribution in [3.05, 3.63) is 35.4 Å². The molecule has 0 aliphatic heterocycles. The van der Waals surface area contributed by atoms with Gasteiger partial charge < -0.3 is 10.4 Å². The fourth-order valence-corrected chi connectivity index (χ4v) is 1.60. The summed E-state index contributed by atoms with van der Waals surface area (Å²) in [5.74, 6) is -1.98. The topological polar surface area (TPSA) is 66.4 Å². The molecule has 0 aliphatic carbocycles. The van der Waals surface area contributed by atoms with E-state index in [0.29, 0.717) is 12.1 Å². The van der Waals surface area contributed by atoms with Crippen molar-refractivity contribution in [1.82, 2.24) is 5.32 Å². The molecule has 1 aromatic carbocycles. The van der Waals surface area contributed by atoms with Gasteiger partial charge in [0.25, 0.3) is 0 Å². The Morgan fingerprint density at radius 2 is 1.88 bits per heavy atom. The normalized spacial score (nSPS) is 11.9. The molecule has 0 bridgehead atoms. The van der Waals surface area contributed by atoms with Crippen LogP contribution in [0, 0.1) is 6.92 Å². The van der Waals surface area contributed by atoms with Crippen LogP contribution in [0.5, 0.6) is 0 Å². The average Bonchev–Trinajstić information content (AvgIpc) is 2.27. The van der Waals surface area contributed by atoms with Crippen LogP contribution in [0.15, 0.2) is 24.3 Å². The summed E-state index contributed by atoms with van der Waals surface area (Å²) in [6.45, 7) is 4.25. The largest absolute Gasteiger partial charge is 0.481 e. The first-order valence-corrected chi connectivity index (χ1v) is 5.60. The van der Waals surface area contributed by atoms with Crippen LogP contribution in [-0.2, 0) is 9.59 Å². The van der Waals surface area contributed by atoms with Crippen molar-refractivity contribution in [3.63, 3.8) is 0 Å². The lowest BCUT2D eigenvalue weighted by atomic mass is 9.95. The zero-order chi connectivity index (χ0) is 12.8. The predicted molar refractivity (Wildman–Crippen MR) is 64.9 cm³/mol. The van der Waals surface area contributed by atoms with Crippen molar-refractivity contribution >= 4 is 11.9 Å². The molecule has 4 heteroatoms. The number of hydrogen-bond acceptors (Lipinski definition) is 2. The molecule has 4 nitrogen and oxygen atoms in total. The average molecular weight is 235 g/mol. The van der Waals surface area contributed by atoms with Crippen LogP contribution in [0.3, 0.4) is 0 Å². The van der Waals surface area contributed by atoms with Crippen molar-refractivity contribution in [2.45, 2.75) is 26.2 Å². The lowest BCUT2D eigenvalue weighted by Crippen LogP contribution is -2.27. The Hall–Kier alpha value is -1.84. The number of carbonyl (C=O) groups excluding carboxylic acids is 1. The van der Waals surface area contributed by atoms with Gasteiger partial charge in [0.15, 0.2) is 0 Å². The molecule has 1 amide bonds. The van der Waals surface area contributed by atoms with Crippen molar-refractivity contribution in [2.24, 2.45) is 0 Å². The molecule has 0 saturated heterocycles. The first-order chi connectivity index (χ1) is 8.04. The third-order valence-electron chi connectivity index (χ3n) is 2.54. The van der Waals surface area contributed by atoms with Crippen molar-refractivity contribution in [1.29, 1.82) is 0 Å². The lowest BCUT2D eigenvalue weighted by molar-refractivity contribution is -0.140. The fourth-order valence-electron chi connectivity index (χ4n) is 1.60. The minimum Gasteiger partial charge on any atom is -0.481 e. The van der Waals surface area contributed by atoms with Crippen LogP contribution in [0.2, 0.25) is 0 Å². The Balaban J connectivity index is 2.82. The molecule has 0 heterocycles. The van der Waals surface area contributed by atoms with E-state index in [1.807, 2.05) is 19.1 Å². The van der Waals surface area contributed by atoms with Crippen molar-refractivity contribution < 1.29 is 14.7 Å². The zero-order valence-electron chi connectivity index (χ0n) is 10.1. The van der Waals surface area contributed by atoms with Gasteiger partial charge in [0, 0.05) is 13.0 Å². The number of carbonyl (C=O) groups is 2. The number of carboxylic acids is 1. The van der Waals surface area contributed by atoms with E-state index in [1.54, 1.807) is 19.1 Å². The van der Waals surface area contributed by atoms with Gasteiger partial charge in [-0.05, 0) is 19.4 Å². The highest BCUT2D eigenvalue weighted by Crippen LogP contribution is 2.20. The molecule has 1 unspecified atom stereocenters. The standard InChI is InChI=1S/C13H17NO3/c1-3-14-12(15)8-11(13(16)17)10-6-4-9(2)5-7-10/h4-7,11H,3,8H2,1-2H3,(H,14,15)(H,16,17). The van der Waals surface area contributed by atoms with Gasteiger partial charge in [-0.2, -0.15) is 0 Å². The Labute approximate surface area is 101 Å². The molecule has 1 atom stereocenters. The van der Waals surface area contributed by atoms with Gasteiger partial charge in [-0.1, -0.05) is 29.8 Å². The van der Waals surface area contributed by atoms with Crippen molar-refractivity contribution in [2.75, 3.05) is 6.54 Å². The van der Waals surface area contributed by atoms with E-state index in [2.05, 4.69) is 5.32 Å². The summed E-state index contributed by atoms with van der Waals surface area (Å²) in [5, 5.41) is 11.7. The summed E-state index contributed by atoms with van der Waals surface area (Å²) in [6, 6.07) is 7.21. The summed E-state index contributed by atoms with van der Waals surface area (Å²) in [6.07, 6.45) is -0.0216. The van der Waals surface area contributed by atoms with E-state index >= 15 is 0 Å². The first-order valence-electron chi connectivity index (χ1n) is 5.60. The molecule has 0 spiro atoms. The lowest BCUT2D eigenvalue weighted by Gasteiger charge is -2.12. The van der Waals surface area contributed by atoms with E-state index < -0.39 is 11.9 Å². The maximum atomic E-state index is 11.4. The summed E-state index contributed by atoms with van der Waals surface area (Å²) < 4.78 is 0. The molecule has 1 aromatic rings. The smallest absolute Gasteiger partial charge is 0.311 e. The number of amides is 1. The Morgan fingerprint density at radius 1 is 1.29 bits per heavy atom. The first kappa shape index (κ1) is 13.2. The second-order valence-corrected chi connectivity index (χ2v) is 3.96. The maximum absolute atomic E-state index is 11.4. The molecular formula is C13H17NO3. The van der Waals surface area contributed by atoms with Crippen LogP contribution in [0.4, 0.5) is 0 Å². The van der Waals surface area contributed by atoms with Gasteiger partial charge in [-0.25, -0.2) is 0 Å². The van der Waals surface area contributed by atoms with Crippen LogP contribution >= 0.6 is 0 Å². The van der Waals surface area contributed by atoms with Gasteiger partial charge >= 0.3 is 5.97 Å². The summed E-state index contributed by atoms with van der Waals surface area (Å²) in [7, 11) is 0. The van der Waals surface area contributed by atoms with E-state index in [-0.39, 0.29) is 12.3 Å². The second-order valence-electron chi connectivity index (χ2n) is 3.96. The molecule has 92 valence electrons. The Kier molecular flexibility index (Phi) is 4.69. The van der Waals surface area contributed by atoms with Gasteiger partial charge in [-0.3, -0.25) is 9.59 Å². The van der Waals surface area contributed by atoms with Crippen LogP contribution in [0.25, 0.3) is 0 Å². The Bertz CT molecular complexity index is 398. The minimum atomic E-state index is -0.972. The van der Waals surface area contributed by atoms with Crippen LogP contribution < -0.4 is 5.32 Å². The molecular weight excluding hydrogens is 218 g/mol. The quantitative estimate of drug-likeness (QED) is 0.816. The Morgan fingerprint density at radius 3 is 2.35 bits per heavy atom. The SMILES string of the molecule is CCNC(=O)CC(C(=O)O)c1ccc(C)cc1. The monoisotopic (exact) mass is 235 g/mol. The highest BCUT2D eigenvalue weighted by atomic mass is 16.4. The number of aliphatic carboxylic acids is 1. The third kappa shape index (κ3) is 3.90. The maximum Gasteiger partial charge on any atom is 0.311 e. The van der Waals surface area contributed by atoms with E-state index in [1.165, 1.54) is 0 Å². The van der Waals surface area contributed by atoms with E-state index in [9.17, 15) is 9.59 Å². The van der Waals surface area contributed by atoms with E-state index in [4.69, 9.17) is 5.11 Å². The van der Waals surface area contributed by atoms with Crippen LogP contribution in [-0.4, -0.2) is 23.5 Å². The number of aryl methyl sites for hydroxylation is 1. The summed E-state index contributed by atoms with van der Waals surface area (Å²) >= 11 is 0. The molecule has 2 N–H and O–H groups in total. The van der Waals surface area contributed by atoms with Gasteiger partial charge in [-0.15, -0.1) is 0 Å². The molecule has 0 saturated carbocycles. The molecule has 0 fully saturated rings. The second kappa shape index (κ2) is 6.03. The van der Waals surface area contributed by atoms with Crippen molar-refractivity contribution in [3.8, 4) is 0 Å². The van der Waals surface area contributed by atoms with Gasteiger partial charge in [0.1, 0.15) is 0 Å². The summed E-state index contributed by atoms with van der Waals surface area (Å²) in [5.41, 5.74) is 1.73. The summed E-state index contributed by atoms with van der Waals surface area (Å²) in [4.78, 5) is 22.6. The fraction of sp³-hybridized carbons (Fsp3) is 0.385. The van der Waals surface area contributed by atoms with Gasteiger partial charge in [0.2, 0.25) is 5.91 Å². The number of rotatable bonds is 5. The predicted octanol–water partition coefficient (Wildman–Crippen LogP) is 1.69. The number of hydrogen-bond donors (Lipinski definition) is 2. The number of carboxylic acid groups (broad SMARTS) is 1. The highest BCUT2D eigenvalue weighted by molar-refractivity contribution is 5.85. The highest BCUT2D eigenvalue weighted by Gasteiger charge is 2.22. The third-order valence-corrected chi connectivity index (χ3v) is 2.54. The molecule has 0 radical (unpaired) electrons. The van der Waals surface area contributed by atoms with E-state index in [0.717, 1.165) is 5.56 Å². The van der Waals surface area contributed by atoms with Gasteiger partial charge in [0.05, 0.1) is 5.92 Å². The molecule has 17 heavy (non-hydrogen) atoms. The number of nitrogens with one attached hydrogen (secondary N) is 1. The zero-order valence-corrected chi connectivity index (χ0v) is 10.1. The molecule has 1 rings (SSSR count). The molecule has 0 aromatic heterocycles. The molecule has 0 aliphatic rings. The minimum absolute atomic E-state index is 0.0216. The number of benzene rings is 1.